The highest BCUT2D eigenvalue weighted by atomic mass is 32.1. The summed E-state index contributed by atoms with van der Waals surface area (Å²) in [5, 5.41) is 13.8. The first-order chi connectivity index (χ1) is 12.0. The highest BCUT2D eigenvalue weighted by Gasteiger charge is 2.22. The van der Waals surface area contributed by atoms with Gasteiger partial charge in [0.05, 0.1) is 4.92 Å². The molecule has 1 amide bonds. The smallest absolute Gasteiger partial charge is 0.269 e. The summed E-state index contributed by atoms with van der Waals surface area (Å²) in [4.78, 5) is 23.2. The van der Waals surface area contributed by atoms with E-state index in [1.807, 2.05) is 0 Å². The minimum Gasteiger partial charge on any atom is -0.383 e. The molecule has 1 saturated carbocycles. The first-order valence-corrected chi connectivity index (χ1v) is 9.27. The maximum atomic E-state index is 12.5. The molecule has 25 heavy (non-hydrogen) atoms. The molecule has 1 aliphatic rings. The first-order valence-electron chi connectivity index (χ1n) is 8.04. The third-order valence-electron chi connectivity index (χ3n) is 4.31. The van der Waals surface area contributed by atoms with E-state index in [4.69, 9.17) is 18.0 Å². The largest absolute Gasteiger partial charge is 0.383 e. The number of amides is 1. The van der Waals surface area contributed by atoms with Gasteiger partial charge in [0.25, 0.3) is 11.6 Å². The van der Waals surface area contributed by atoms with Crippen molar-refractivity contribution < 1.29 is 9.72 Å². The number of nitrogens with zero attached hydrogens (tertiary/aromatic N) is 2. The molecule has 1 aromatic heterocycles. The number of nitrogens with two attached hydrogens (primary N) is 1. The van der Waals surface area contributed by atoms with E-state index in [1.165, 1.54) is 18.6 Å². The van der Waals surface area contributed by atoms with Crippen LogP contribution in [0, 0.1) is 14.1 Å². The molecule has 3 rings (SSSR count). The third kappa shape index (κ3) is 3.72. The molecule has 9 heteroatoms. The molecule has 0 spiro atoms. The van der Waals surface area contributed by atoms with Crippen LogP contribution < -0.4 is 11.1 Å². The number of rotatable bonds is 4. The van der Waals surface area contributed by atoms with Crippen LogP contribution in [0.2, 0.25) is 0 Å². The van der Waals surface area contributed by atoms with Crippen LogP contribution in [0.25, 0.3) is 5.69 Å². The van der Waals surface area contributed by atoms with Gasteiger partial charge in [-0.15, -0.1) is 0 Å². The van der Waals surface area contributed by atoms with Crippen LogP contribution >= 0.6 is 23.6 Å². The van der Waals surface area contributed by atoms with Crippen LogP contribution in [-0.2, 0) is 0 Å². The van der Waals surface area contributed by atoms with Gasteiger partial charge in [0.15, 0.2) is 3.95 Å². The van der Waals surface area contributed by atoms with E-state index in [2.05, 4.69) is 5.32 Å². The number of nitrogens with one attached hydrogen (secondary N) is 1. The number of aromatic nitrogens is 1. The number of benzene rings is 1. The lowest BCUT2D eigenvalue weighted by molar-refractivity contribution is -0.384. The summed E-state index contributed by atoms with van der Waals surface area (Å²) in [5.41, 5.74) is 6.74. The molecule has 1 aliphatic carbocycles. The molecule has 3 N–H and O–H groups in total. The van der Waals surface area contributed by atoms with Crippen LogP contribution in [0.1, 0.15) is 41.8 Å². The van der Waals surface area contributed by atoms with Crippen LogP contribution in [-0.4, -0.2) is 21.4 Å². The topological polar surface area (TPSA) is 103 Å². The summed E-state index contributed by atoms with van der Waals surface area (Å²) < 4.78 is 2.00. The fourth-order valence-corrected chi connectivity index (χ4v) is 4.28. The van der Waals surface area contributed by atoms with Crippen molar-refractivity contribution >= 4 is 41.0 Å². The second-order valence-corrected chi connectivity index (χ2v) is 7.64. The molecule has 0 aliphatic heterocycles. The van der Waals surface area contributed by atoms with Crippen molar-refractivity contribution in [1.82, 2.24) is 9.88 Å². The molecule has 1 heterocycles. The molecule has 0 unspecified atom stereocenters. The maximum absolute atomic E-state index is 12.5. The lowest BCUT2D eigenvalue weighted by Gasteiger charge is -2.22. The van der Waals surface area contributed by atoms with Crippen LogP contribution in [0.5, 0.6) is 0 Å². The molecule has 2 aromatic rings. The Morgan fingerprint density at radius 1 is 1.28 bits per heavy atom. The van der Waals surface area contributed by atoms with Crippen LogP contribution in [0.3, 0.4) is 0 Å². The van der Waals surface area contributed by atoms with Crippen molar-refractivity contribution in [3.63, 3.8) is 0 Å². The van der Waals surface area contributed by atoms with Gasteiger partial charge in [0, 0.05) is 23.9 Å². The quantitative estimate of drug-likeness (QED) is 0.478. The molecule has 0 radical (unpaired) electrons. The zero-order valence-corrected chi connectivity index (χ0v) is 15.1. The number of carbonyl (C=O) groups excluding carboxylic acids is 1. The van der Waals surface area contributed by atoms with Crippen molar-refractivity contribution in [2.45, 2.75) is 38.1 Å². The number of nitrogen functional groups attached to an aromatic ring is 1. The number of thiazole rings is 1. The normalized spacial score (nSPS) is 15.0. The number of carbonyl (C=O) groups is 1. The summed E-state index contributed by atoms with van der Waals surface area (Å²) >= 11 is 6.49. The molecular formula is C16H18N4O3S2. The van der Waals surface area contributed by atoms with Crippen LogP contribution in [0.4, 0.5) is 11.5 Å². The van der Waals surface area contributed by atoms with E-state index in [0.717, 1.165) is 37.0 Å². The van der Waals surface area contributed by atoms with Crippen molar-refractivity contribution in [3.05, 3.63) is 43.2 Å². The Labute approximate surface area is 153 Å². The average molecular weight is 378 g/mol. The Morgan fingerprint density at radius 2 is 1.92 bits per heavy atom. The number of nitro benzene ring substituents is 1. The lowest BCUT2D eigenvalue weighted by atomic mass is 9.95. The Hall–Kier alpha value is -2.26. The van der Waals surface area contributed by atoms with E-state index in [0.29, 0.717) is 14.5 Å². The summed E-state index contributed by atoms with van der Waals surface area (Å²) in [6.07, 6.45) is 5.43. The molecule has 1 aromatic carbocycles. The highest BCUT2D eigenvalue weighted by molar-refractivity contribution is 7.73. The minimum absolute atomic E-state index is 0.0145. The molecule has 1 fully saturated rings. The molecule has 132 valence electrons. The summed E-state index contributed by atoms with van der Waals surface area (Å²) in [6.45, 7) is 0. The van der Waals surface area contributed by atoms with Crippen LogP contribution in [0.15, 0.2) is 24.3 Å². The van der Waals surface area contributed by atoms with Gasteiger partial charge in [-0.3, -0.25) is 19.5 Å². The van der Waals surface area contributed by atoms with E-state index >= 15 is 0 Å². The van der Waals surface area contributed by atoms with Gasteiger partial charge in [-0.25, -0.2) is 0 Å². The Bertz CT molecular complexity index is 851. The standard InChI is InChI=1S/C16H18N4O3S2/c17-14-13(15(21)18-10-4-2-1-3-5-10)25-16(24)19(14)11-6-8-12(9-7-11)20(22)23/h6-10H,1-5,17H2,(H,18,21). The average Bonchev–Trinajstić information content (AvgIpc) is 2.90. The van der Waals surface area contributed by atoms with Gasteiger partial charge in [-0.05, 0) is 37.2 Å². The molecule has 0 saturated heterocycles. The summed E-state index contributed by atoms with van der Waals surface area (Å²) in [6, 6.07) is 6.09. The third-order valence-corrected chi connectivity index (χ3v) is 5.70. The zero-order valence-electron chi connectivity index (χ0n) is 13.4. The molecular weight excluding hydrogens is 360 g/mol. The second kappa shape index (κ2) is 7.32. The summed E-state index contributed by atoms with van der Waals surface area (Å²) in [5.74, 6) is 0.0540. The predicted molar refractivity (Wildman–Crippen MR) is 99.9 cm³/mol. The Kier molecular flexibility index (Phi) is 5.14. The van der Waals surface area contributed by atoms with Gasteiger partial charge >= 0.3 is 0 Å². The number of hydrogen-bond donors (Lipinski definition) is 2. The number of nitro groups is 1. The Balaban J connectivity index is 1.86. The first kappa shape index (κ1) is 17.6. The van der Waals surface area contributed by atoms with Crippen molar-refractivity contribution in [3.8, 4) is 5.69 Å². The highest BCUT2D eigenvalue weighted by Crippen LogP contribution is 2.28. The monoisotopic (exact) mass is 378 g/mol. The van der Waals surface area contributed by atoms with Gasteiger partial charge < -0.3 is 11.1 Å². The lowest BCUT2D eigenvalue weighted by Crippen LogP contribution is -2.36. The van der Waals surface area contributed by atoms with Crippen molar-refractivity contribution in [2.24, 2.45) is 0 Å². The fourth-order valence-electron chi connectivity index (χ4n) is 3.01. The van der Waals surface area contributed by atoms with Gasteiger partial charge in [0.1, 0.15) is 10.7 Å². The minimum atomic E-state index is -0.469. The number of non-ortho nitro benzene ring substituents is 1. The number of hydrogen-bond acceptors (Lipinski definition) is 6. The van der Waals surface area contributed by atoms with Gasteiger partial charge in [-0.2, -0.15) is 0 Å². The summed E-state index contributed by atoms with van der Waals surface area (Å²) in [7, 11) is 0. The predicted octanol–water partition coefficient (Wildman–Crippen LogP) is 3.82. The molecule has 0 bridgehead atoms. The molecule has 0 atom stereocenters. The van der Waals surface area contributed by atoms with Crippen molar-refractivity contribution in [2.75, 3.05) is 5.73 Å². The van der Waals surface area contributed by atoms with E-state index in [1.54, 1.807) is 16.7 Å². The van der Waals surface area contributed by atoms with E-state index < -0.39 is 4.92 Å². The SMILES string of the molecule is Nc1c(C(=O)NC2CCCCC2)sc(=S)n1-c1ccc([N+](=O)[O-])cc1. The van der Waals surface area contributed by atoms with Gasteiger partial charge in [-0.1, -0.05) is 30.6 Å². The number of anilines is 1. The van der Waals surface area contributed by atoms with E-state index in [9.17, 15) is 14.9 Å². The maximum Gasteiger partial charge on any atom is 0.269 e. The van der Waals surface area contributed by atoms with E-state index in [-0.39, 0.29) is 23.5 Å². The van der Waals surface area contributed by atoms with Gasteiger partial charge in [0.2, 0.25) is 0 Å². The molecule has 7 nitrogen and oxygen atoms in total. The van der Waals surface area contributed by atoms with Crippen molar-refractivity contribution in [1.29, 1.82) is 0 Å². The fraction of sp³-hybridized carbons (Fsp3) is 0.375. The zero-order chi connectivity index (χ0) is 18.0. The Morgan fingerprint density at radius 3 is 2.52 bits per heavy atom. The second-order valence-electron chi connectivity index (χ2n) is 6.00.